The third-order valence-electron chi connectivity index (χ3n) is 1.79. The lowest BCUT2D eigenvalue weighted by Gasteiger charge is -1.99. The van der Waals surface area contributed by atoms with Crippen molar-refractivity contribution in [2.24, 2.45) is 0 Å². The van der Waals surface area contributed by atoms with Gasteiger partial charge in [-0.2, -0.15) is 0 Å². The third kappa shape index (κ3) is 5.53. The van der Waals surface area contributed by atoms with Crippen LogP contribution in [0.1, 0.15) is 26.7 Å². The van der Waals surface area contributed by atoms with Crippen molar-refractivity contribution in [3.8, 4) is 0 Å². The Hall–Kier alpha value is -1.10. The van der Waals surface area contributed by atoms with E-state index in [-0.39, 0.29) is 5.91 Å². The summed E-state index contributed by atoms with van der Waals surface area (Å²) in [6.07, 6.45) is 0.769. The van der Waals surface area contributed by atoms with E-state index in [1.165, 1.54) is 0 Å². The molecule has 0 aromatic carbocycles. The van der Waals surface area contributed by atoms with E-state index >= 15 is 0 Å². The maximum atomic E-state index is 10.4. The molecule has 0 aromatic heterocycles. The van der Waals surface area contributed by atoms with Gasteiger partial charge in [-0.25, -0.2) is 4.79 Å². The van der Waals surface area contributed by atoms with Gasteiger partial charge in [0.1, 0.15) is 6.04 Å². The first-order valence-electron chi connectivity index (χ1n) is 4.84. The summed E-state index contributed by atoms with van der Waals surface area (Å²) in [5.74, 6) is -1.11. The Balaban J connectivity index is 0.000000292. The van der Waals surface area contributed by atoms with Gasteiger partial charge in [0.05, 0.1) is 0 Å². The first-order chi connectivity index (χ1) is 6.61. The largest absolute Gasteiger partial charge is 0.480 e. The van der Waals surface area contributed by atoms with Crippen LogP contribution in [0.2, 0.25) is 0 Å². The van der Waals surface area contributed by atoms with Gasteiger partial charge in [0.2, 0.25) is 5.91 Å². The van der Waals surface area contributed by atoms with Gasteiger partial charge in [-0.1, -0.05) is 13.8 Å². The van der Waals surface area contributed by atoms with Crippen molar-refractivity contribution < 1.29 is 14.7 Å². The van der Waals surface area contributed by atoms with Crippen LogP contribution < -0.4 is 10.6 Å². The molecule has 1 heterocycles. The van der Waals surface area contributed by atoms with E-state index in [2.05, 4.69) is 24.5 Å². The van der Waals surface area contributed by atoms with Crippen LogP contribution >= 0.6 is 0 Å². The second-order valence-corrected chi connectivity index (χ2v) is 2.95. The fourth-order valence-corrected chi connectivity index (χ4v) is 1.05. The molecule has 0 bridgehead atoms. The molecule has 1 fully saturated rings. The SMILES string of the molecule is CCNCC.O=C1CC[C@@H](C(=O)O)N1. The number of hydrogen-bond donors (Lipinski definition) is 3. The molecule has 0 unspecified atom stereocenters. The van der Waals surface area contributed by atoms with Crippen LogP contribution in [0.5, 0.6) is 0 Å². The Labute approximate surface area is 83.9 Å². The highest BCUT2D eigenvalue weighted by atomic mass is 16.4. The number of nitrogens with one attached hydrogen (secondary N) is 2. The monoisotopic (exact) mass is 202 g/mol. The van der Waals surface area contributed by atoms with Gasteiger partial charge in [-0.3, -0.25) is 4.79 Å². The second kappa shape index (κ2) is 7.32. The molecular formula is C9H18N2O3. The molecule has 5 nitrogen and oxygen atoms in total. The van der Waals surface area contributed by atoms with Crippen LogP contribution in [-0.2, 0) is 9.59 Å². The summed E-state index contributed by atoms with van der Waals surface area (Å²) in [5, 5.41) is 13.7. The molecule has 0 spiro atoms. The third-order valence-corrected chi connectivity index (χ3v) is 1.79. The predicted octanol–water partition coefficient (Wildman–Crippen LogP) is -0.0346. The molecule has 3 N–H and O–H groups in total. The van der Waals surface area contributed by atoms with Crippen LogP contribution in [0.3, 0.4) is 0 Å². The quantitative estimate of drug-likeness (QED) is 0.600. The molecule has 0 aromatic rings. The number of carboxylic acids is 1. The molecular weight excluding hydrogens is 184 g/mol. The number of rotatable bonds is 3. The fourth-order valence-electron chi connectivity index (χ4n) is 1.05. The Morgan fingerprint density at radius 2 is 2.14 bits per heavy atom. The zero-order chi connectivity index (χ0) is 11.0. The zero-order valence-electron chi connectivity index (χ0n) is 8.67. The van der Waals surface area contributed by atoms with Gasteiger partial charge >= 0.3 is 5.97 Å². The molecule has 1 atom stereocenters. The zero-order valence-corrected chi connectivity index (χ0v) is 8.67. The van der Waals surface area contributed by atoms with Gasteiger partial charge in [0.25, 0.3) is 0 Å². The van der Waals surface area contributed by atoms with Crippen molar-refractivity contribution in [3.63, 3.8) is 0 Å². The summed E-state index contributed by atoms with van der Waals surface area (Å²) >= 11 is 0. The number of carbonyl (C=O) groups excluding carboxylic acids is 1. The molecule has 1 rings (SSSR count). The van der Waals surface area contributed by atoms with Crippen LogP contribution in [0.4, 0.5) is 0 Å². The van der Waals surface area contributed by atoms with Crippen LogP contribution in [-0.4, -0.2) is 36.1 Å². The van der Waals surface area contributed by atoms with Gasteiger partial charge < -0.3 is 15.7 Å². The molecule has 14 heavy (non-hydrogen) atoms. The van der Waals surface area contributed by atoms with Crippen LogP contribution in [0.15, 0.2) is 0 Å². The molecule has 1 saturated heterocycles. The molecule has 0 aliphatic carbocycles. The number of aliphatic carboxylic acids is 1. The van der Waals surface area contributed by atoms with E-state index in [1.54, 1.807) is 0 Å². The number of carboxylic acid groups (broad SMARTS) is 1. The second-order valence-electron chi connectivity index (χ2n) is 2.95. The highest BCUT2D eigenvalue weighted by Gasteiger charge is 2.26. The van der Waals surface area contributed by atoms with E-state index in [1.807, 2.05) is 0 Å². The smallest absolute Gasteiger partial charge is 0.326 e. The summed E-state index contributed by atoms with van der Waals surface area (Å²) in [6.45, 7) is 6.39. The molecule has 5 heteroatoms. The average molecular weight is 202 g/mol. The van der Waals surface area contributed by atoms with Crippen molar-refractivity contribution in [1.29, 1.82) is 0 Å². The van der Waals surface area contributed by atoms with Crippen LogP contribution in [0.25, 0.3) is 0 Å². The van der Waals surface area contributed by atoms with Crippen molar-refractivity contribution >= 4 is 11.9 Å². The average Bonchev–Trinajstić information content (AvgIpc) is 2.54. The van der Waals surface area contributed by atoms with Crippen molar-refractivity contribution in [2.45, 2.75) is 32.7 Å². The van der Waals surface area contributed by atoms with E-state index in [4.69, 9.17) is 5.11 Å². The summed E-state index contributed by atoms with van der Waals surface area (Å²) in [6, 6.07) is -0.641. The minimum atomic E-state index is -0.944. The highest BCUT2D eigenvalue weighted by molar-refractivity contribution is 5.87. The van der Waals surface area contributed by atoms with Gasteiger partial charge in [0, 0.05) is 6.42 Å². The number of hydrogen-bond acceptors (Lipinski definition) is 3. The number of amides is 1. The fraction of sp³-hybridized carbons (Fsp3) is 0.778. The molecule has 82 valence electrons. The van der Waals surface area contributed by atoms with E-state index in [0.717, 1.165) is 13.1 Å². The summed E-state index contributed by atoms with van der Waals surface area (Å²) in [4.78, 5) is 20.5. The van der Waals surface area contributed by atoms with Crippen molar-refractivity contribution in [2.75, 3.05) is 13.1 Å². The van der Waals surface area contributed by atoms with Crippen LogP contribution in [0, 0.1) is 0 Å². The minimum absolute atomic E-state index is 0.164. The van der Waals surface area contributed by atoms with Gasteiger partial charge in [0.15, 0.2) is 0 Å². The predicted molar refractivity (Wildman–Crippen MR) is 53.0 cm³/mol. The lowest BCUT2D eigenvalue weighted by atomic mass is 10.2. The topological polar surface area (TPSA) is 78.4 Å². The Kier molecular flexibility index (Phi) is 6.74. The molecule has 0 radical (unpaired) electrons. The summed E-state index contributed by atoms with van der Waals surface area (Å²) < 4.78 is 0. The van der Waals surface area contributed by atoms with Gasteiger partial charge in [-0.15, -0.1) is 0 Å². The van der Waals surface area contributed by atoms with E-state index in [9.17, 15) is 9.59 Å². The Morgan fingerprint density at radius 3 is 2.29 bits per heavy atom. The summed E-state index contributed by atoms with van der Waals surface area (Å²) in [7, 11) is 0. The minimum Gasteiger partial charge on any atom is -0.480 e. The normalized spacial score (nSPS) is 19.6. The maximum Gasteiger partial charge on any atom is 0.326 e. The maximum absolute atomic E-state index is 10.4. The lowest BCUT2D eigenvalue weighted by Crippen LogP contribution is -2.32. The first-order valence-corrected chi connectivity index (χ1v) is 4.84. The van der Waals surface area contributed by atoms with E-state index < -0.39 is 12.0 Å². The summed E-state index contributed by atoms with van der Waals surface area (Å²) in [5.41, 5.74) is 0. The van der Waals surface area contributed by atoms with Gasteiger partial charge in [-0.05, 0) is 19.5 Å². The van der Waals surface area contributed by atoms with Crippen molar-refractivity contribution in [1.82, 2.24) is 10.6 Å². The molecule has 1 aliphatic heterocycles. The van der Waals surface area contributed by atoms with Crippen molar-refractivity contribution in [3.05, 3.63) is 0 Å². The first kappa shape index (κ1) is 12.9. The standard InChI is InChI=1S/C5H7NO3.C4H11N/c7-4-2-1-3(6-4)5(8)9;1-3-5-4-2/h3H,1-2H2,(H,6,7)(H,8,9);5H,3-4H2,1-2H3/t3-;/m0./s1. The Morgan fingerprint density at radius 1 is 1.57 bits per heavy atom. The lowest BCUT2D eigenvalue weighted by molar-refractivity contribution is -0.140. The highest BCUT2D eigenvalue weighted by Crippen LogP contribution is 2.05. The number of carbonyl (C=O) groups is 2. The molecule has 1 aliphatic rings. The molecule has 0 saturated carbocycles. The molecule has 1 amide bonds. The Bertz CT molecular complexity index is 192. The van der Waals surface area contributed by atoms with E-state index in [0.29, 0.717) is 12.8 Å².